The lowest BCUT2D eigenvalue weighted by Gasteiger charge is -2.20. The molecule has 0 saturated heterocycles. The van der Waals surface area contributed by atoms with Gasteiger partial charge < -0.3 is 21.1 Å². The minimum absolute atomic E-state index is 0.0845. The minimum atomic E-state index is -0.735. The topological polar surface area (TPSA) is 106 Å². The van der Waals surface area contributed by atoms with Crippen LogP contribution in [0.4, 0.5) is 10.5 Å². The molecule has 7 heteroatoms. The maximum atomic E-state index is 12.0. The zero-order valence-corrected chi connectivity index (χ0v) is 11.1. The van der Waals surface area contributed by atoms with Gasteiger partial charge in [-0.05, 0) is 12.0 Å². The van der Waals surface area contributed by atoms with E-state index in [9.17, 15) is 9.59 Å². The number of hydrogen-bond donors (Lipinski definition) is 3. The Balaban J connectivity index is 2.72. The van der Waals surface area contributed by atoms with Gasteiger partial charge in [0.25, 0.3) is 0 Å². The van der Waals surface area contributed by atoms with Crippen molar-refractivity contribution >= 4 is 17.6 Å². The summed E-state index contributed by atoms with van der Waals surface area (Å²) in [6.45, 7) is 3.62. The molecule has 0 aliphatic heterocycles. The van der Waals surface area contributed by atoms with Crippen molar-refractivity contribution in [1.29, 1.82) is 0 Å². The highest BCUT2D eigenvalue weighted by Gasteiger charge is 2.23. The fraction of sp³-hybridized carbons (Fsp3) is 0.417. The van der Waals surface area contributed by atoms with Crippen LogP contribution in [-0.4, -0.2) is 30.1 Å². The molecule has 1 aromatic rings. The number of carbonyl (C=O) groups is 2. The average molecular weight is 266 g/mol. The molecule has 0 aliphatic rings. The van der Waals surface area contributed by atoms with Gasteiger partial charge in [-0.15, -0.1) is 0 Å². The number of pyridine rings is 1. The number of primary amides is 1. The van der Waals surface area contributed by atoms with Crippen molar-refractivity contribution in [3.8, 4) is 5.88 Å². The number of rotatable bonds is 5. The van der Waals surface area contributed by atoms with Crippen LogP contribution in [0, 0.1) is 5.92 Å². The molecular weight excluding hydrogens is 248 g/mol. The normalized spacial score (nSPS) is 11.8. The van der Waals surface area contributed by atoms with Crippen molar-refractivity contribution < 1.29 is 14.3 Å². The second-order valence-corrected chi connectivity index (χ2v) is 4.31. The summed E-state index contributed by atoms with van der Waals surface area (Å²) in [4.78, 5) is 26.8. The van der Waals surface area contributed by atoms with Crippen LogP contribution in [0.1, 0.15) is 13.8 Å². The van der Waals surface area contributed by atoms with Crippen LogP contribution in [0.15, 0.2) is 18.3 Å². The maximum Gasteiger partial charge on any atom is 0.312 e. The van der Waals surface area contributed by atoms with E-state index < -0.39 is 12.1 Å². The zero-order chi connectivity index (χ0) is 14.4. The van der Waals surface area contributed by atoms with E-state index >= 15 is 0 Å². The van der Waals surface area contributed by atoms with Crippen LogP contribution in [0.3, 0.4) is 0 Å². The summed E-state index contributed by atoms with van der Waals surface area (Å²) < 4.78 is 4.92. The molecule has 3 amide bonds. The SMILES string of the molecule is COc1ccc(NC(=O)C(NC(N)=O)C(C)C)cn1. The van der Waals surface area contributed by atoms with Crippen molar-refractivity contribution in [2.75, 3.05) is 12.4 Å². The number of nitrogens with two attached hydrogens (primary N) is 1. The lowest BCUT2D eigenvalue weighted by atomic mass is 10.0. The molecule has 4 N–H and O–H groups in total. The van der Waals surface area contributed by atoms with Crippen LogP contribution in [-0.2, 0) is 4.79 Å². The predicted octanol–water partition coefficient (Wildman–Crippen LogP) is 0.722. The molecule has 0 aromatic carbocycles. The largest absolute Gasteiger partial charge is 0.481 e. The van der Waals surface area contributed by atoms with Gasteiger partial charge in [0, 0.05) is 6.07 Å². The van der Waals surface area contributed by atoms with Crippen LogP contribution in [0.2, 0.25) is 0 Å². The molecule has 0 aliphatic carbocycles. The standard InChI is InChI=1S/C12H18N4O3/c1-7(2)10(16-12(13)18)11(17)15-8-4-5-9(19-3)14-6-8/h4-7,10H,1-3H3,(H,15,17)(H3,13,16,18). The molecule has 1 unspecified atom stereocenters. The van der Waals surface area contributed by atoms with Crippen molar-refractivity contribution in [2.45, 2.75) is 19.9 Å². The summed E-state index contributed by atoms with van der Waals surface area (Å²) >= 11 is 0. The Bertz CT molecular complexity index is 445. The number of urea groups is 1. The van der Waals surface area contributed by atoms with Gasteiger partial charge in [0.05, 0.1) is 19.0 Å². The maximum absolute atomic E-state index is 12.0. The summed E-state index contributed by atoms with van der Waals surface area (Å²) in [6.07, 6.45) is 1.47. The van der Waals surface area contributed by atoms with Gasteiger partial charge in [-0.25, -0.2) is 9.78 Å². The first-order valence-electron chi connectivity index (χ1n) is 5.81. The first kappa shape index (κ1) is 14.7. The molecular formula is C12H18N4O3. The monoisotopic (exact) mass is 266 g/mol. The summed E-state index contributed by atoms with van der Waals surface area (Å²) in [5.74, 6) is 0.0214. The highest BCUT2D eigenvalue weighted by atomic mass is 16.5. The highest BCUT2D eigenvalue weighted by molar-refractivity contribution is 5.96. The van der Waals surface area contributed by atoms with Gasteiger partial charge in [0.1, 0.15) is 6.04 Å². The second kappa shape index (κ2) is 6.58. The first-order chi connectivity index (χ1) is 8.93. The van der Waals surface area contributed by atoms with Crippen LogP contribution in [0.5, 0.6) is 5.88 Å². The number of carbonyl (C=O) groups excluding carboxylic acids is 2. The van der Waals surface area contributed by atoms with E-state index in [1.165, 1.54) is 13.3 Å². The Morgan fingerprint density at radius 3 is 2.47 bits per heavy atom. The molecule has 0 bridgehead atoms. The molecule has 7 nitrogen and oxygen atoms in total. The van der Waals surface area contributed by atoms with Gasteiger partial charge in [-0.3, -0.25) is 4.79 Å². The predicted molar refractivity (Wildman–Crippen MR) is 70.8 cm³/mol. The van der Waals surface area contributed by atoms with E-state index in [1.54, 1.807) is 12.1 Å². The number of hydrogen-bond acceptors (Lipinski definition) is 4. The molecule has 19 heavy (non-hydrogen) atoms. The second-order valence-electron chi connectivity index (χ2n) is 4.31. The highest BCUT2D eigenvalue weighted by Crippen LogP contribution is 2.12. The van der Waals surface area contributed by atoms with E-state index in [0.717, 1.165) is 0 Å². The van der Waals surface area contributed by atoms with E-state index in [-0.39, 0.29) is 11.8 Å². The molecule has 0 fully saturated rings. The number of ether oxygens (including phenoxy) is 1. The smallest absolute Gasteiger partial charge is 0.312 e. The fourth-order valence-corrected chi connectivity index (χ4v) is 1.48. The van der Waals surface area contributed by atoms with E-state index in [2.05, 4.69) is 15.6 Å². The number of nitrogens with one attached hydrogen (secondary N) is 2. The Morgan fingerprint density at radius 1 is 1.37 bits per heavy atom. The molecule has 0 saturated carbocycles. The Morgan fingerprint density at radius 2 is 2.05 bits per heavy atom. The molecule has 0 radical (unpaired) electrons. The Kier molecular flexibility index (Phi) is 5.11. The quantitative estimate of drug-likeness (QED) is 0.730. The number of methoxy groups -OCH3 is 1. The number of amides is 3. The number of nitrogens with zero attached hydrogens (tertiary/aromatic N) is 1. The van der Waals surface area contributed by atoms with Crippen molar-refractivity contribution in [3.05, 3.63) is 18.3 Å². The fourth-order valence-electron chi connectivity index (χ4n) is 1.48. The lowest BCUT2D eigenvalue weighted by molar-refractivity contribution is -0.118. The van der Waals surface area contributed by atoms with Crippen LogP contribution >= 0.6 is 0 Å². The van der Waals surface area contributed by atoms with E-state index in [0.29, 0.717) is 11.6 Å². The molecule has 1 rings (SSSR count). The third-order valence-electron chi connectivity index (χ3n) is 2.46. The van der Waals surface area contributed by atoms with Gasteiger partial charge in [0.2, 0.25) is 11.8 Å². The molecule has 104 valence electrons. The third-order valence-corrected chi connectivity index (χ3v) is 2.46. The van der Waals surface area contributed by atoms with Crippen molar-refractivity contribution in [2.24, 2.45) is 11.7 Å². The molecule has 0 spiro atoms. The summed E-state index contributed by atoms with van der Waals surface area (Å²) in [5.41, 5.74) is 5.56. The van der Waals surface area contributed by atoms with Gasteiger partial charge in [0.15, 0.2) is 0 Å². The third kappa shape index (κ3) is 4.46. The lowest BCUT2D eigenvalue weighted by Crippen LogP contribution is -2.49. The minimum Gasteiger partial charge on any atom is -0.481 e. The van der Waals surface area contributed by atoms with Crippen molar-refractivity contribution in [3.63, 3.8) is 0 Å². The van der Waals surface area contributed by atoms with E-state index in [4.69, 9.17) is 10.5 Å². The Labute approximate surface area is 111 Å². The summed E-state index contributed by atoms with van der Waals surface area (Å²) in [5, 5.41) is 5.06. The molecule has 1 aromatic heterocycles. The Hall–Kier alpha value is -2.31. The molecule has 1 heterocycles. The first-order valence-corrected chi connectivity index (χ1v) is 5.81. The summed E-state index contributed by atoms with van der Waals surface area (Å²) in [6, 6.07) is 1.86. The van der Waals surface area contributed by atoms with Gasteiger partial charge in [-0.2, -0.15) is 0 Å². The van der Waals surface area contributed by atoms with Crippen LogP contribution < -0.4 is 21.1 Å². The number of aromatic nitrogens is 1. The van der Waals surface area contributed by atoms with Gasteiger partial charge in [-0.1, -0.05) is 13.8 Å². The zero-order valence-electron chi connectivity index (χ0n) is 11.1. The summed E-state index contributed by atoms with van der Waals surface area (Å²) in [7, 11) is 1.51. The number of anilines is 1. The van der Waals surface area contributed by atoms with Gasteiger partial charge >= 0.3 is 6.03 Å². The van der Waals surface area contributed by atoms with Crippen LogP contribution in [0.25, 0.3) is 0 Å². The van der Waals surface area contributed by atoms with E-state index in [1.807, 2.05) is 13.8 Å². The van der Waals surface area contributed by atoms with Crippen molar-refractivity contribution in [1.82, 2.24) is 10.3 Å². The average Bonchev–Trinajstić information content (AvgIpc) is 2.36. The molecule has 1 atom stereocenters.